The molecular weight excluding hydrogens is 252 g/mol. The molecule has 0 aliphatic carbocycles. The number of benzene rings is 1. The van der Waals surface area contributed by atoms with Crippen LogP contribution < -0.4 is 11.3 Å². The normalized spacial score (nSPS) is 12.7. The number of aryl methyl sites for hydroxylation is 2. The predicted octanol–water partition coefficient (Wildman–Crippen LogP) is 0.919. The molecule has 0 radical (unpaired) electrons. The van der Waals surface area contributed by atoms with Crippen molar-refractivity contribution >= 4 is 11.6 Å². The Morgan fingerprint density at radius 2 is 2.22 bits per heavy atom. The van der Waals surface area contributed by atoms with Gasteiger partial charge < -0.3 is 0 Å². The number of tetrazole rings is 1. The molecule has 1 unspecified atom stereocenters. The lowest BCUT2D eigenvalue weighted by Gasteiger charge is -2.15. The second kappa shape index (κ2) is 5.43. The monoisotopic (exact) mass is 266 g/mol. The number of halogens is 1. The number of nitrogens with one attached hydrogen (secondary N) is 1. The molecule has 0 amide bonds. The standard InChI is InChI=1S/C11H15ClN6/c1-7-3-8(5-9(12)4-7)10(14-13)6-11-15-17-18(2)16-11/h3-5,10,14H,6,13H2,1-2H3. The van der Waals surface area contributed by atoms with Gasteiger partial charge in [-0.15, -0.1) is 10.2 Å². The molecule has 96 valence electrons. The number of hydrogen-bond acceptors (Lipinski definition) is 5. The van der Waals surface area contributed by atoms with E-state index in [4.69, 9.17) is 17.4 Å². The van der Waals surface area contributed by atoms with Crippen molar-refractivity contribution in [1.29, 1.82) is 0 Å². The first-order valence-corrected chi connectivity index (χ1v) is 5.92. The Labute approximate surface area is 110 Å². The van der Waals surface area contributed by atoms with Gasteiger partial charge >= 0.3 is 0 Å². The van der Waals surface area contributed by atoms with Crippen molar-refractivity contribution in [1.82, 2.24) is 25.6 Å². The highest BCUT2D eigenvalue weighted by Crippen LogP contribution is 2.21. The summed E-state index contributed by atoms with van der Waals surface area (Å²) in [5.74, 6) is 6.22. The zero-order chi connectivity index (χ0) is 13.1. The van der Waals surface area contributed by atoms with E-state index < -0.39 is 0 Å². The molecule has 0 aliphatic rings. The minimum atomic E-state index is -0.0911. The highest BCUT2D eigenvalue weighted by molar-refractivity contribution is 6.30. The molecule has 0 fully saturated rings. The number of aromatic nitrogens is 4. The highest BCUT2D eigenvalue weighted by atomic mass is 35.5. The van der Waals surface area contributed by atoms with Gasteiger partial charge in [0.15, 0.2) is 5.82 Å². The van der Waals surface area contributed by atoms with E-state index in [1.165, 1.54) is 4.80 Å². The molecule has 0 aliphatic heterocycles. The molecule has 6 nitrogen and oxygen atoms in total. The van der Waals surface area contributed by atoms with Gasteiger partial charge in [-0.3, -0.25) is 11.3 Å². The summed E-state index contributed by atoms with van der Waals surface area (Å²) in [4.78, 5) is 1.42. The molecule has 3 N–H and O–H groups in total. The molecule has 1 heterocycles. The maximum absolute atomic E-state index is 6.04. The van der Waals surface area contributed by atoms with Gasteiger partial charge in [0.25, 0.3) is 0 Å². The minimum absolute atomic E-state index is 0.0911. The molecule has 0 saturated carbocycles. The van der Waals surface area contributed by atoms with Crippen molar-refractivity contribution in [3.05, 3.63) is 40.2 Å². The molecule has 2 rings (SSSR count). The first kappa shape index (κ1) is 12.9. The maximum atomic E-state index is 6.04. The van der Waals surface area contributed by atoms with Crippen LogP contribution in [0.1, 0.15) is 23.0 Å². The molecule has 1 aromatic heterocycles. The van der Waals surface area contributed by atoms with Crippen molar-refractivity contribution in [2.45, 2.75) is 19.4 Å². The number of nitrogens with two attached hydrogens (primary N) is 1. The first-order chi connectivity index (χ1) is 8.58. The molecule has 0 bridgehead atoms. The third-order valence-electron chi connectivity index (χ3n) is 2.60. The largest absolute Gasteiger partial charge is 0.271 e. The van der Waals surface area contributed by atoms with Gasteiger partial charge in [0.2, 0.25) is 0 Å². The van der Waals surface area contributed by atoms with E-state index >= 15 is 0 Å². The van der Waals surface area contributed by atoms with Crippen molar-refractivity contribution in [2.24, 2.45) is 12.9 Å². The lowest BCUT2D eigenvalue weighted by atomic mass is 10.0. The second-order valence-electron chi connectivity index (χ2n) is 4.18. The molecule has 1 atom stereocenters. The van der Waals surface area contributed by atoms with Crippen molar-refractivity contribution in [3.63, 3.8) is 0 Å². The number of hydrazine groups is 1. The summed E-state index contributed by atoms with van der Waals surface area (Å²) in [5.41, 5.74) is 4.85. The Balaban J connectivity index is 2.22. The van der Waals surface area contributed by atoms with E-state index in [9.17, 15) is 0 Å². The lowest BCUT2D eigenvalue weighted by molar-refractivity contribution is 0.536. The third kappa shape index (κ3) is 3.04. The molecule has 1 aromatic carbocycles. The smallest absolute Gasteiger partial charge is 0.176 e. The van der Waals surface area contributed by atoms with Gasteiger partial charge in [-0.25, -0.2) is 0 Å². The summed E-state index contributed by atoms with van der Waals surface area (Å²) >= 11 is 6.04. The van der Waals surface area contributed by atoms with E-state index in [0.717, 1.165) is 11.1 Å². The minimum Gasteiger partial charge on any atom is -0.271 e. The van der Waals surface area contributed by atoms with Gasteiger partial charge in [0.1, 0.15) is 0 Å². The zero-order valence-electron chi connectivity index (χ0n) is 10.3. The molecular formula is C11H15ClN6. The summed E-state index contributed by atoms with van der Waals surface area (Å²) in [6, 6.07) is 5.73. The van der Waals surface area contributed by atoms with Crippen LogP contribution in [0, 0.1) is 6.92 Å². The fraction of sp³-hybridized carbons (Fsp3) is 0.364. The summed E-state index contributed by atoms with van der Waals surface area (Å²) in [6.45, 7) is 1.99. The molecule has 2 aromatic rings. The Bertz CT molecular complexity index is 518. The fourth-order valence-corrected chi connectivity index (χ4v) is 2.12. The first-order valence-electron chi connectivity index (χ1n) is 5.54. The molecule has 18 heavy (non-hydrogen) atoms. The zero-order valence-corrected chi connectivity index (χ0v) is 11.0. The van der Waals surface area contributed by atoms with Crippen LogP contribution in [0.3, 0.4) is 0 Å². The Hall–Kier alpha value is -1.50. The maximum Gasteiger partial charge on any atom is 0.176 e. The third-order valence-corrected chi connectivity index (χ3v) is 2.82. The van der Waals surface area contributed by atoms with Crippen LogP contribution in [0.25, 0.3) is 0 Å². The van der Waals surface area contributed by atoms with Crippen LogP contribution in [0.5, 0.6) is 0 Å². The van der Waals surface area contributed by atoms with Crippen LogP contribution in [0.2, 0.25) is 5.02 Å². The van der Waals surface area contributed by atoms with Crippen molar-refractivity contribution in [3.8, 4) is 0 Å². The molecule has 0 spiro atoms. The van der Waals surface area contributed by atoms with Gasteiger partial charge in [0, 0.05) is 11.4 Å². The topological polar surface area (TPSA) is 81.7 Å². The van der Waals surface area contributed by atoms with Gasteiger partial charge in [-0.2, -0.15) is 4.80 Å². The van der Waals surface area contributed by atoms with Crippen LogP contribution in [0.4, 0.5) is 0 Å². The quantitative estimate of drug-likeness (QED) is 0.635. The van der Waals surface area contributed by atoms with Crippen LogP contribution in [-0.4, -0.2) is 20.2 Å². The average Bonchev–Trinajstić information content (AvgIpc) is 2.70. The fourth-order valence-electron chi connectivity index (χ4n) is 1.83. The summed E-state index contributed by atoms with van der Waals surface area (Å²) in [5, 5.41) is 12.6. The van der Waals surface area contributed by atoms with E-state index in [1.807, 2.05) is 25.1 Å². The van der Waals surface area contributed by atoms with E-state index in [-0.39, 0.29) is 6.04 Å². The summed E-state index contributed by atoms with van der Waals surface area (Å²) in [7, 11) is 1.73. The van der Waals surface area contributed by atoms with Crippen LogP contribution in [0.15, 0.2) is 18.2 Å². The van der Waals surface area contributed by atoms with E-state index in [2.05, 4.69) is 20.8 Å². The Kier molecular flexibility index (Phi) is 3.90. The Morgan fingerprint density at radius 1 is 1.44 bits per heavy atom. The number of nitrogens with zero attached hydrogens (tertiary/aromatic N) is 4. The summed E-state index contributed by atoms with van der Waals surface area (Å²) < 4.78 is 0. The van der Waals surface area contributed by atoms with E-state index in [0.29, 0.717) is 17.3 Å². The van der Waals surface area contributed by atoms with Gasteiger partial charge in [0.05, 0.1) is 13.1 Å². The molecule has 0 saturated heterocycles. The SMILES string of the molecule is Cc1cc(Cl)cc(C(Cc2nnn(C)n2)NN)c1. The average molecular weight is 267 g/mol. The summed E-state index contributed by atoms with van der Waals surface area (Å²) in [6.07, 6.45) is 0.560. The van der Waals surface area contributed by atoms with Gasteiger partial charge in [-0.1, -0.05) is 17.7 Å². The van der Waals surface area contributed by atoms with E-state index in [1.54, 1.807) is 7.05 Å². The highest BCUT2D eigenvalue weighted by Gasteiger charge is 2.14. The number of rotatable bonds is 4. The molecule has 7 heteroatoms. The van der Waals surface area contributed by atoms with Crippen molar-refractivity contribution < 1.29 is 0 Å². The lowest BCUT2D eigenvalue weighted by Crippen LogP contribution is -2.30. The van der Waals surface area contributed by atoms with Crippen LogP contribution >= 0.6 is 11.6 Å². The second-order valence-corrected chi connectivity index (χ2v) is 4.62. The Morgan fingerprint density at radius 3 is 2.78 bits per heavy atom. The van der Waals surface area contributed by atoms with Gasteiger partial charge in [-0.05, 0) is 35.4 Å². The van der Waals surface area contributed by atoms with Crippen LogP contribution in [-0.2, 0) is 13.5 Å². The van der Waals surface area contributed by atoms with Crippen molar-refractivity contribution in [2.75, 3.05) is 0 Å². The number of hydrogen-bond donors (Lipinski definition) is 2. The predicted molar refractivity (Wildman–Crippen MR) is 68.8 cm³/mol.